The van der Waals surface area contributed by atoms with Crippen molar-refractivity contribution in [1.82, 2.24) is 0 Å². The zero-order valence-corrected chi connectivity index (χ0v) is 16.6. The summed E-state index contributed by atoms with van der Waals surface area (Å²) in [5.74, 6) is 0.298. The van der Waals surface area contributed by atoms with Crippen LogP contribution in [-0.2, 0) is 19.7 Å². The molecule has 0 aromatic heterocycles. The van der Waals surface area contributed by atoms with Gasteiger partial charge in [0.05, 0.1) is 18.6 Å². The Morgan fingerprint density at radius 1 is 0.962 bits per heavy atom. The summed E-state index contributed by atoms with van der Waals surface area (Å²) < 4.78 is 11.0. The highest BCUT2D eigenvalue weighted by Crippen LogP contribution is 2.39. The highest BCUT2D eigenvalue weighted by Gasteiger charge is 2.41. The van der Waals surface area contributed by atoms with Crippen LogP contribution in [0.3, 0.4) is 0 Å². The SMILES string of the molecule is CCCC(CCC)(C(=O)OCCOCCCl)c1cccc2ccccc12. The normalized spacial score (nSPS) is 11.7. The molecule has 0 radical (unpaired) electrons. The highest BCUT2D eigenvalue weighted by atomic mass is 35.5. The number of hydrogen-bond donors (Lipinski definition) is 0. The number of fused-ring (bicyclic) bond motifs is 1. The Morgan fingerprint density at radius 3 is 2.35 bits per heavy atom. The van der Waals surface area contributed by atoms with Crippen molar-refractivity contribution in [1.29, 1.82) is 0 Å². The Hall–Kier alpha value is -1.58. The number of hydrogen-bond acceptors (Lipinski definition) is 3. The molecule has 0 bridgehead atoms. The van der Waals surface area contributed by atoms with Crippen molar-refractivity contribution in [2.45, 2.75) is 44.9 Å². The fraction of sp³-hybridized carbons (Fsp3) is 0.500. The van der Waals surface area contributed by atoms with Gasteiger partial charge in [-0.1, -0.05) is 69.2 Å². The van der Waals surface area contributed by atoms with Crippen molar-refractivity contribution < 1.29 is 14.3 Å². The third-order valence-corrected chi connectivity index (χ3v) is 4.89. The van der Waals surface area contributed by atoms with Gasteiger partial charge in [-0.3, -0.25) is 4.79 Å². The lowest BCUT2D eigenvalue weighted by Crippen LogP contribution is -2.38. The number of carbonyl (C=O) groups excluding carboxylic acids is 1. The molecule has 0 fully saturated rings. The molecule has 0 spiro atoms. The van der Waals surface area contributed by atoms with Crippen molar-refractivity contribution in [3.63, 3.8) is 0 Å². The summed E-state index contributed by atoms with van der Waals surface area (Å²) >= 11 is 5.60. The topological polar surface area (TPSA) is 35.5 Å². The first-order valence-electron chi connectivity index (χ1n) is 9.48. The number of benzene rings is 2. The molecule has 0 heterocycles. The van der Waals surface area contributed by atoms with Gasteiger partial charge in [-0.05, 0) is 29.2 Å². The zero-order chi connectivity index (χ0) is 18.8. The minimum absolute atomic E-state index is 0.146. The molecule has 2 aromatic carbocycles. The summed E-state index contributed by atoms with van der Waals surface area (Å²) in [7, 11) is 0. The van der Waals surface area contributed by atoms with Crippen LogP contribution in [0.5, 0.6) is 0 Å². The predicted molar refractivity (Wildman–Crippen MR) is 108 cm³/mol. The molecule has 3 nitrogen and oxygen atoms in total. The minimum atomic E-state index is -0.614. The largest absolute Gasteiger partial charge is 0.463 e. The van der Waals surface area contributed by atoms with Gasteiger partial charge in [0.25, 0.3) is 0 Å². The smallest absolute Gasteiger partial charge is 0.316 e. The van der Waals surface area contributed by atoms with Crippen LogP contribution in [0.1, 0.15) is 45.1 Å². The Kier molecular flexibility index (Phi) is 8.40. The van der Waals surface area contributed by atoms with Crippen molar-refractivity contribution in [3.05, 3.63) is 48.0 Å². The van der Waals surface area contributed by atoms with Crippen molar-refractivity contribution in [2.75, 3.05) is 25.7 Å². The Labute approximate surface area is 161 Å². The molecule has 2 aromatic rings. The lowest BCUT2D eigenvalue weighted by atomic mass is 9.72. The third-order valence-electron chi connectivity index (χ3n) is 4.73. The van der Waals surface area contributed by atoms with Crippen molar-refractivity contribution >= 4 is 28.3 Å². The molecule has 0 saturated heterocycles. The molecule has 4 heteroatoms. The molecule has 26 heavy (non-hydrogen) atoms. The Balaban J connectivity index is 2.36. The van der Waals surface area contributed by atoms with Gasteiger partial charge in [-0.15, -0.1) is 11.6 Å². The zero-order valence-electron chi connectivity index (χ0n) is 15.8. The van der Waals surface area contributed by atoms with Crippen molar-refractivity contribution in [3.8, 4) is 0 Å². The van der Waals surface area contributed by atoms with Crippen LogP contribution in [0.15, 0.2) is 42.5 Å². The molecule has 0 unspecified atom stereocenters. The molecular weight excluding hydrogens is 348 g/mol. The monoisotopic (exact) mass is 376 g/mol. The molecule has 2 rings (SSSR count). The van der Waals surface area contributed by atoms with Gasteiger partial charge >= 0.3 is 5.97 Å². The first-order valence-corrected chi connectivity index (χ1v) is 10.0. The molecule has 0 aliphatic heterocycles. The molecule has 0 N–H and O–H groups in total. The van der Waals surface area contributed by atoms with Gasteiger partial charge < -0.3 is 9.47 Å². The van der Waals surface area contributed by atoms with Crippen LogP contribution < -0.4 is 0 Å². The third kappa shape index (κ3) is 4.77. The number of rotatable bonds is 11. The van der Waals surface area contributed by atoms with Gasteiger partial charge in [0.2, 0.25) is 0 Å². The van der Waals surface area contributed by atoms with Crippen LogP contribution >= 0.6 is 11.6 Å². The summed E-state index contributed by atoms with van der Waals surface area (Å²) in [4.78, 5) is 13.2. The van der Waals surface area contributed by atoms with E-state index in [4.69, 9.17) is 21.1 Å². The summed E-state index contributed by atoms with van der Waals surface area (Å²) in [6.45, 7) is 5.34. The van der Waals surface area contributed by atoms with E-state index < -0.39 is 5.41 Å². The molecular formula is C22H29ClO3. The lowest BCUT2D eigenvalue weighted by molar-refractivity contribution is -0.153. The number of alkyl halides is 1. The van der Waals surface area contributed by atoms with E-state index in [0.29, 0.717) is 19.1 Å². The van der Waals surface area contributed by atoms with E-state index in [1.54, 1.807) is 0 Å². The second-order valence-corrected chi connectivity index (χ2v) is 6.92. The van der Waals surface area contributed by atoms with Crippen LogP contribution in [0.25, 0.3) is 10.8 Å². The first kappa shape index (κ1) is 20.7. The van der Waals surface area contributed by atoms with Crippen molar-refractivity contribution in [2.24, 2.45) is 0 Å². The standard InChI is InChI=1S/C22H29ClO3/c1-3-12-22(13-4-2,21(24)26-17-16-25-15-14-23)20-11-7-9-18-8-5-6-10-19(18)20/h5-11H,3-4,12-17H2,1-2H3. The fourth-order valence-electron chi connectivity index (χ4n) is 3.69. The molecule has 142 valence electrons. The molecule has 0 saturated carbocycles. The maximum Gasteiger partial charge on any atom is 0.316 e. The van der Waals surface area contributed by atoms with Gasteiger partial charge in [0, 0.05) is 5.88 Å². The average molecular weight is 377 g/mol. The Bertz CT molecular complexity index is 687. The molecule has 0 aliphatic rings. The predicted octanol–water partition coefficient (Wildman–Crippen LogP) is 5.48. The summed E-state index contributed by atoms with van der Waals surface area (Å²) in [5, 5.41) is 2.28. The Morgan fingerprint density at radius 2 is 1.65 bits per heavy atom. The van der Waals surface area contributed by atoms with E-state index in [-0.39, 0.29) is 12.6 Å². The fourth-order valence-corrected chi connectivity index (χ4v) is 3.80. The van der Waals surface area contributed by atoms with Gasteiger partial charge in [0.15, 0.2) is 0 Å². The lowest BCUT2D eigenvalue weighted by Gasteiger charge is -2.33. The van der Waals surface area contributed by atoms with E-state index >= 15 is 0 Å². The van der Waals surface area contributed by atoms with Crippen LogP contribution in [0.2, 0.25) is 0 Å². The van der Waals surface area contributed by atoms with Gasteiger partial charge in [-0.2, -0.15) is 0 Å². The first-order chi connectivity index (χ1) is 12.7. The van der Waals surface area contributed by atoms with E-state index in [2.05, 4.69) is 38.1 Å². The number of carbonyl (C=O) groups is 1. The maximum atomic E-state index is 13.2. The maximum absolute atomic E-state index is 13.2. The minimum Gasteiger partial charge on any atom is -0.463 e. The highest BCUT2D eigenvalue weighted by molar-refractivity contribution is 6.17. The van der Waals surface area contributed by atoms with E-state index in [1.807, 2.05) is 18.2 Å². The van der Waals surface area contributed by atoms with Crippen LogP contribution in [0.4, 0.5) is 0 Å². The van der Waals surface area contributed by atoms with Gasteiger partial charge in [-0.25, -0.2) is 0 Å². The second-order valence-electron chi connectivity index (χ2n) is 6.55. The molecule has 0 aliphatic carbocycles. The second kappa shape index (κ2) is 10.5. The summed E-state index contributed by atoms with van der Waals surface area (Å²) in [6, 6.07) is 14.5. The summed E-state index contributed by atoms with van der Waals surface area (Å²) in [6.07, 6.45) is 3.38. The van der Waals surface area contributed by atoms with Crippen LogP contribution in [-0.4, -0.2) is 31.7 Å². The average Bonchev–Trinajstić information content (AvgIpc) is 2.67. The van der Waals surface area contributed by atoms with Crippen LogP contribution in [0, 0.1) is 0 Å². The van der Waals surface area contributed by atoms with E-state index in [1.165, 1.54) is 0 Å². The van der Waals surface area contributed by atoms with E-state index in [9.17, 15) is 4.79 Å². The quantitative estimate of drug-likeness (QED) is 0.296. The molecule has 0 amide bonds. The number of halogens is 1. The molecule has 0 atom stereocenters. The summed E-state index contributed by atoms with van der Waals surface area (Å²) in [5.41, 5.74) is 0.461. The van der Waals surface area contributed by atoms with Gasteiger partial charge in [0.1, 0.15) is 6.61 Å². The number of ether oxygens (including phenoxy) is 2. The number of esters is 1. The van der Waals surface area contributed by atoms with E-state index in [0.717, 1.165) is 42.0 Å².